The third-order valence-electron chi connectivity index (χ3n) is 2.18. The average Bonchev–Trinajstić information content (AvgIpc) is 2.57. The summed E-state index contributed by atoms with van der Waals surface area (Å²) < 4.78 is 0.943. The van der Waals surface area contributed by atoms with Gasteiger partial charge in [-0.05, 0) is 35.5 Å². The number of hydrogen-bond donors (Lipinski definition) is 1. The molecule has 1 fully saturated rings. The Hall–Kier alpha value is -1.11. The predicted octanol–water partition coefficient (Wildman–Crippen LogP) is 2.44. The molecular formula is C11H8BrNO3S. The molecule has 1 aliphatic rings. The third kappa shape index (κ3) is 2.59. The predicted molar refractivity (Wildman–Crippen MR) is 69.0 cm³/mol. The van der Waals surface area contributed by atoms with Crippen LogP contribution in [0.15, 0.2) is 33.6 Å². The summed E-state index contributed by atoms with van der Waals surface area (Å²) in [7, 11) is 0. The molecule has 1 heterocycles. The summed E-state index contributed by atoms with van der Waals surface area (Å²) in [5, 5.41) is 8.42. The molecule has 6 heteroatoms. The van der Waals surface area contributed by atoms with E-state index >= 15 is 0 Å². The zero-order valence-corrected chi connectivity index (χ0v) is 11.0. The normalized spacial score (nSPS) is 18.2. The Bertz CT molecular complexity index is 498. The number of aliphatic hydroxyl groups excluding tert-OH is 1. The van der Waals surface area contributed by atoms with Gasteiger partial charge in [0, 0.05) is 4.47 Å². The van der Waals surface area contributed by atoms with Crippen LogP contribution in [0.25, 0.3) is 6.08 Å². The second-order valence-corrected chi connectivity index (χ2v) is 5.21. The van der Waals surface area contributed by atoms with Crippen LogP contribution in [0.5, 0.6) is 0 Å². The van der Waals surface area contributed by atoms with E-state index in [1.807, 2.05) is 24.3 Å². The van der Waals surface area contributed by atoms with E-state index < -0.39 is 17.9 Å². The molecule has 1 aromatic rings. The molecule has 0 spiro atoms. The Morgan fingerprint density at radius 1 is 1.29 bits per heavy atom. The maximum absolute atomic E-state index is 11.7. The van der Waals surface area contributed by atoms with E-state index in [2.05, 4.69) is 15.9 Å². The average molecular weight is 314 g/mol. The molecule has 1 saturated heterocycles. The molecule has 0 aromatic heterocycles. The molecule has 0 aliphatic carbocycles. The van der Waals surface area contributed by atoms with Gasteiger partial charge in [0.1, 0.15) is 6.73 Å². The van der Waals surface area contributed by atoms with Crippen molar-refractivity contribution in [2.75, 3.05) is 6.73 Å². The van der Waals surface area contributed by atoms with Gasteiger partial charge in [-0.2, -0.15) is 0 Å². The SMILES string of the molecule is O=C1S/C(=C/c2ccc(Br)cc2)C(=O)N1CO. The number of benzene rings is 1. The van der Waals surface area contributed by atoms with Crippen molar-refractivity contribution in [3.8, 4) is 0 Å². The largest absolute Gasteiger partial charge is 0.376 e. The van der Waals surface area contributed by atoms with Crippen molar-refractivity contribution in [1.82, 2.24) is 4.90 Å². The molecule has 17 heavy (non-hydrogen) atoms. The highest BCUT2D eigenvalue weighted by Crippen LogP contribution is 2.31. The molecule has 1 N–H and O–H groups in total. The van der Waals surface area contributed by atoms with E-state index in [1.54, 1.807) is 6.08 Å². The summed E-state index contributed by atoms with van der Waals surface area (Å²) >= 11 is 4.14. The number of amides is 2. The molecule has 0 radical (unpaired) electrons. The van der Waals surface area contributed by atoms with Crippen LogP contribution in [0.3, 0.4) is 0 Å². The Morgan fingerprint density at radius 3 is 2.47 bits per heavy atom. The van der Waals surface area contributed by atoms with Crippen molar-refractivity contribution in [1.29, 1.82) is 0 Å². The number of aliphatic hydroxyl groups is 1. The first-order valence-corrected chi connectivity index (χ1v) is 6.34. The number of halogens is 1. The van der Waals surface area contributed by atoms with Crippen LogP contribution >= 0.6 is 27.7 Å². The lowest BCUT2D eigenvalue weighted by Crippen LogP contribution is -2.28. The number of carbonyl (C=O) groups is 2. The second kappa shape index (κ2) is 5.03. The molecule has 1 aromatic carbocycles. The van der Waals surface area contributed by atoms with Crippen molar-refractivity contribution in [2.45, 2.75) is 0 Å². The van der Waals surface area contributed by atoms with Gasteiger partial charge in [0.2, 0.25) is 0 Å². The highest BCUT2D eigenvalue weighted by Gasteiger charge is 2.34. The van der Waals surface area contributed by atoms with Gasteiger partial charge in [0.15, 0.2) is 0 Å². The van der Waals surface area contributed by atoms with Gasteiger partial charge in [0.05, 0.1) is 4.91 Å². The maximum Gasteiger partial charge on any atom is 0.295 e. The zero-order chi connectivity index (χ0) is 12.4. The molecule has 0 saturated carbocycles. The second-order valence-electron chi connectivity index (χ2n) is 3.30. The topological polar surface area (TPSA) is 57.6 Å². The highest BCUT2D eigenvalue weighted by molar-refractivity contribution is 9.10. The third-order valence-corrected chi connectivity index (χ3v) is 3.62. The van der Waals surface area contributed by atoms with Crippen molar-refractivity contribution in [3.63, 3.8) is 0 Å². The highest BCUT2D eigenvalue weighted by atomic mass is 79.9. The summed E-state index contributed by atoms with van der Waals surface area (Å²) in [6.45, 7) is -0.581. The molecule has 2 rings (SSSR count). The number of rotatable bonds is 2. The van der Waals surface area contributed by atoms with Crippen molar-refractivity contribution in [3.05, 3.63) is 39.2 Å². The fraction of sp³-hybridized carbons (Fsp3) is 0.0909. The maximum atomic E-state index is 11.7. The summed E-state index contributed by atoms with van der Waals surface area (Å²) in [6, 6.07) is 7.36. The quantitative estimate of drug-likeness (QED) is 0.852. The van der Waals surface area contributed by atoms with Crippen molar-refractivity contribution in [2.24, 2.45) is 0 Å². The summed E-state index contributed by atoms with van der Waals surface area (Å²) in [5.74, 6) is -0.453. The molecule has 0 bridgehead atoms. The van der Waals surface area contributed by atoms with Gasteiger partial charge in [-0.25, -0.2) is 4.90 Å². The van der Waals surface area contributed by atoms with Crippen LogP contribution in [0.4, 0.5) is 4.79 Å². The lowest BCUT2D eigenvalue weighted by molar-refractivity contribution is -0.125. The minimum atomic E-state index is -0.581. The first-order valence-electron chi connectivity index (χ1n) is 4.73. The Morgan fingerprint density at radius 2 is 1.94 bits per heavy atom. The molecular weight excluding hydrogens is 306 g/mol. The van der Waals surface area contributed by atoms with Gasteiger partial charge in [0.25, 0.3) is 11.1 Å². The van der Waals surface area contributed by atoms with Crippen molar-refractivity contribution >= 4 is 44.9 Å². The smallest absolute Gasteiger partial charge is 0.295 e. The Kier molecular flexibility index (Phi) is 3.66. The van der Waals surface area contributed by atoms with Gasteiger partial charge in [-0.3, -0.25) is 9.59 Å². The first kappa shape index (κ1) is 12.3. The molecule has 0 unspecified atom stereocenters. The summed E-state index contributed by atoms with van der Waals surface area (Å²) in [5.41, 5.74) is 0.830. The van der Waals surface area contributed by atoms with E-state index in [-0.39, 0.29) is 0 Å². The molecule has 0 atom stereocenters. The standard InChI is InChI=1S/C11H8BrNO3S/c12-8-3-1-7(2-4-8)5-9-10(15)13(6-14)11(16)17-9/h1-5,14H,6H2/b9-5+. The van der Waals surface area contributed by atoms with Crippen LogP contribution in [-0.2, 0) is 4.79 Å². The number of nitrogens with zero attached hydrogens (tertiary/aromatic N) is 1. The van der Waals surface area contributed by atoms with Crippen LogP contribution in [-0.4, -0.2) is 27.9 Å². The Balaban J connectivity index is 2.27. The fourth-order valence-electron chi connectivity index (χ4n) is 1.33. The molecule has 1 aliphatic heterocycles. The lowest BCUT2D eigenvalue weighted by Gasteiger charge is -2.05. The van der Waals surface area contributed by atoms with Crippen LogP contribution in [0, 0.1) is 0 Å². The lowest BCUT2D eigenvalue weighted by atomic mass is 10.2. The zero-order valence-electron chi connectivity index (χ0n) is 8.59. The summed E-state index contributed by atoms with van der Waals surface area (Å²) in [4.78, 5) is 24.1. The number of imide groups is 1. The number of thioether (sulfide) groups is 1. The first-order chi connectivity index (χ1) is 8.11. The summed E-state index contributed by atoms with van der Waals surface area (Å²) in [6.07, 6.45) is 1.63. The van der Waals surface area contributed by atoms with Crippen LogP contribution < -0.4 is 0 Å². The fourth-order valence-corrected chi connectivity index (χ4v) is 2.43. The van der Waals surface area contributed by atoms with Gasteiger partial charge < -0.3 is 5.11 Å². The van der Waals surface area contributed by atoms with E-state index in [0.717, 1.165) is 26.7 Å². The van der Waals surface area contributed by atoms with Crippen LogP contribution in [0.1, 0.15) is 5.56 Å². The minimum Gasteiger partial charge on any atom is -0.376 e. The molecule has 88 valence electrons. The van der Waals surface area contributed by atoms with Crippen LogP contribution in [0.2, 0.25) is 0 Å². The molecule has 4 nitrogen and oxygen atoms in total. The van der Waals surface area contributed by atoms with E-state index in [4.69, 9.17) is 5.11 Å². The Labute approximate surface area is 110 Å². The van der Waals surface area contributed by atoms with E-state index in [9.17, 15) is 9.59 Å². The molecule has 2 amide bonds. The van der Waals surface area contributed by atoms with Crippen molar-refractivity contribution < 1.29 is 14.7 Å². The monoisotopic (exact) mass is 313 g/mol. The van der Waals surface area contributed by atoms with E-state index in [0.29, 0.717) is 4.91 Å². The van der Waals surface area contributed by atoms with Gasteiger partial charge in [-0.1, -0.05) is 28.1 Å². The number of hydrogen-bond acceptors (Lipinski definition) is 4. The minimum absolute atomic E-state index is 0.325. The van der Waals surface area contributed by atoms with Gasteiger partial charge in [-0.15, -0.1) is 0 Å². The van der Waals surface area contributed by atoms with Gasteiger partial charge >= 0.3 is 0 Å². The number of carbonyl (C=O) groups excluding carboxylic acids is 2. The van der Waals surface area contributed by atoms with E-state index in [1.165, 1.54) is 0 Å².